The number of hydrogen-bond acceptors (Lipinski definition) is 5. The standard InChI is InChI=1S/C18H9F15O5/c1-4-6(34)36-8(3,37-7(35)5-2)38-12-16(28,29)9(19)13(22,23)10(20,17(12,30)31)15(26,27)11(21,14(9,24)25)18(12,32)33/h4-5H,1-2H2,3H3. The van der Waals surface area contributed by atoms with Crippen LogP contribution in [0.3, 0.4) is 0 Å². The molecule has 4 aliphatic carbocycles. The monoisotopic (exact) mass is 590 g/mol. The van der Waals surface area contributed by atoms with E-state index in [9.17, 15) is 35.9 Å². The molecule has 4 saturated carbocycles. The third-order valence-corrected chi connectivity index (χ3v) is 6.46. The quantitative estimate of drug-likeness (QED) is 0.192. The molecule has 4 aliphatic rings. The average Bonchev–Trinajstić information content (AvgIpc) is 2.76. The van der Waals surface area contributed by atoms with Gasteiger partial charge in [-0.25, -0.2) is 22.8 Å². The molecular weight excluding hydrogens is 581 g/mol. The fourth-order valence-electron chi connectivity index (χ4n) is 4.79. The zero-order valence-electron chi connectivity index (χ0n) is 17.8. The average molecular weight is 590 g/mol. The molecule has 0 aromatic rings. The summed E-state index contributed by atoms with van der Waals surface area (Å²) in [6.45, 7) is 4.86. The minimum Gasteiger partial charge on any atom is -0.395 e. The van der Waals surface area contributed by atoms with Gasteiger partial charge in [-0.2, -0.15) is 52.7 Å². The minimum atomic E-state index is -8.05. The van der Waals surface area contributed by atoms with Crippen LogP contribution in [0.15, 0.2) is 25.3 Å². The normalized spacial score (nSPS) is 40.2. The number of halogens is 15. The molecule has 0 atom stereocenters. The van der Waals surface area contributed by atoms with E-state index in [0.29, 0.717) is 0 Å². The van der Waals surface area contributed by atoms with E-state index in [2.05, 4.69) is 27.4 Å². The molecule has 0 heterocycles. The van der Waals surface area contributed by atoms with Crippen molar-refractivity contribution in [1.29, 1.82) is 0 Å². The number of ether oxygens (including phenoxy) is 3. The summed E-state index contributed by atoms with van der Waals surface area (Å²) in [6.07, 6.45) is -0.171. The number of esters is 2. The Balaban J connectivity index is 2.59. The molecule has 0 aromatic heterocycles. The summed E-state index contributed by atoms with van der Waals surface area (Å²) in [7, 11) is 0. The van der Waals surface area contributed by atoms with E-state index in [0.717, 1.165) is 0 Å². The molecule has 20 heteroatoms. The lowest BCUT2D eigenvalue weighted by Gasteiger charge is -2.74. The van der Waals surface area contributed by atoms with Crippen molar-refractivity contribution in [2.45, 2.75) is 71.0 Å². The molecule has 0 aromatic carbocycles. The zero-order chi connectivity index (χ0) is 30.2. The number of rotatable bonds is 6. The van der Waals surface area contributed by atoms with Gasteiger partial charge in [0.2, 0.25) is 0 Å². The van der Waals surface area contributed by atoms with Gasteiger partial charge in [0, 0.05) is 19.1 Å². The smallest absolute Gasteiger partial charge is 0.374 e. The van der Waals surface area contributed by atoms with Crippen molar-refractivity contribution in [2.24, 2.45) is 0 Å². The Kier molecular flexibility index (Phi) is 5.43. The summed E-state index contributed by atoms with van der Waals surface area (Å²) in [4.78, 5) is 23.0. The Hall–Kier alpha value is -2.67. The Morgan fingerprint density at radius 2 is 0.789 bits per heavy atom. The number of carbonyl (C=O) groups is 2. The summed E-state index contributed by atoms with van der Waals surface area (Å²) in [5.74, 6) is -57.1. The van der Waals surface area contributed by atoms with E-state index in [1.807, 2.05) is 0 Å². The van der Waals surface area contributed by atoms with Crippen LogP contribution in [0.4, 0.5) is 65.9 Å². The Labute approximate surface area is 199 Å². The largest absolute Gasteiger partial charge is 0.395 e. The molecule has 5 nitrogen and oxygen atoms in total. The van der Waals surface area contributed by atoms with Crippen LogP contribution in [0, 0.1) is 0 Å². The Bertz CT molecular complexity index is 996. The van der Waals surface area contributed by atoms with Crippen LogP contribution in [0.2, 0.25) is 0 Å². The lowest BCUT2D eigenvalue weighted by molar-refractivity contribution is -0.633. The van der Waals surface area contributed by atoms with Crippen molar-refractivity contribution in [1.82, 2.24) is 0 Å². The molecule has 0 spiro atoms. The van der Waals surface area contributed by atoms with Crippen molar-refractivity contribution in [3.05, 3.63) is 25.3 Å². The van der Waals surface area contributed by atoms with Crippen molar-refractivity contribution in [2.75, 3.05) is 0 Å². The van der Waals surface area contributed by atoms with E-state index < -0.39 is 83.0 Å². The first-order valence-corrected chi connectivity index (χ1v) is 9.36. The van der Waals surface area contributed by atoms with E-state index in [1.165, 1.54) is 0 Å². The Morgan fingerprint density at radius 3 is 1.00 bits per heavy atom. The third kappa shape index (κ3) is 2.22. The number of carbonyl (C=O) groups excluding carboxylic acids is 2. The van der Waals surface area contributed by atoms with Gasteiger partial charge in [0.15, 0.2) is 0 Å². The van der Waals surface area contributed by atoms with Crippen LogP contribution in [0.1, 0.15) is 6.92 Å². The first-order valence-electron chi connectivity index (χ1n) is 9.36. The van der Waals surface area contributed by atoms with Gasteiger partial charge in [-0.1, -0.05) is 13.2 Å². The molecule has 4 bridgehead atoms. The highest BCUT2D eigenvalue weighted by Crippen LogP contribution is 2.89. The summed E-state index contributed by atoms with van der Waals surface area (Å²) in [5, 5.41) is 0. The maximum atomic E-state index is 15.2. The van der Waals surface area contributed by atoms with Crippen molar-refractivity contribution in [3.8, 4) is 0 Å². The molecule has 0 radical (unpaired) electrons. The Morgan fingerprint density at radius 1 is 0.553 bits per heavy atom. The van der Waals surface area contributed by atoms with Crippen LogP contribution in [0.5, 0.6) is 0 Å². The highest BCUT2D eigenvalue weighted by atomic mass is 19.3. The molecule has 4 rings (SSSR count). The highest BCUT2D eigenvalue weighted by molar-refractivity contribution is 5.83. The summed E-state index contributed by atoms with van der Waals surface area (Å²) in [6, 6.07) is 0. The SMILES string of the molecule is C=CC(=O)OC(C)(OC(=O)C=C)OC12C(F)(F)C3(F)C(F)(F)C(F)(C(F)(F)C(F)(C3(F)F)C1(F)F)C2(F)F. The molecular formula is C18H9F15O5. The fourth-order valence-corrected chi connectivity index (χ4v) is 4.79. The summed E-state index contributed by atoms with van der Waals surface area (Å²) < 4.78 is 234. The minimum absolute atomic E-state index is 0.0855. The zero-order valence-corrected chi connectivity index (χ0v) is 17.8. The maximum Gasteiger partial charge on any atom is 0.374 e. The van der Waals surface area contributed by atoms with Gasteiger partial charge in [-0.15, -0.1) is 0 Å². The summed E-state index contributed by atoms with van der Waals surface area (Å²) in [5.41, 5.74) is -31.3. The molecule has 38 heavy (non-hydrogen) atoms. The van der Waals surface area contributed by atoms with Gasteiger partial charge in [-0.3, -0.25) is 4.74 Å². The molecule has 0 aliphatic heterocycles. The van der Waals surface area contributed by atoms with Crippen LogP contribution in [-0.4, -0.2) is 76.1 Å². The van der Waals surface area contributed by atoms with Gasteiger partial charge in [0.1, 0.15) is 0 Å². The first kappa shape index (κ1) is 29.9. The lowest BCUT2D eigenvalue weighted by Crippen LogP contribution is -3.10. The first-order chi connectivity index (χ1) is 16.6. The topological polar surface area (TPSA) is 61.8 Å². The second-order valence-corrected chi connectivity index (χ2v) is 8.32. The molecule has 0 N–H and O–H groups in total. The van der Waals surface area contributed by atoms with E-state index >= 15 is 39.5 Å². The second kappa shape index (κ2) is 6.90. The van der Waals surface area contributed by atoms with Gasteiger partial charge >= 0.3 is 70.5 Å². The highest BCUT2D eigenvalue weighted by Gasteiger charge is 3.23. The van der Waals surface area contributed by atoms with Gasteiger partial charge in [0.05, 0.1) is 0 Å². The van der Waals surface area contributed by atoms with Gasteiger partial charge in [-0.05, 0) is 0 Å². The van der Waals surface area contributed by atoms with Crippen molar-refractivity contribution in [3.63, 3.8) is 0 Å². The fraction of sp³-hybridized carbons (Fsp3) is 0.667. The molecule has 0 saturated heterocycles. The van der Waals surface area contributed by atoms with Gasteiger partial charge < -0.3 is 9.47 Å². The van der Waals surface area contributed by atoms with Crippen molar-refractivity contribution < 1.29 is 89.7 Å². The van der Waals surface area contributed by atoms with Crippen molar-refractivity contribution >= 4 is 11.9 Å². The molecule has 4 fully saturated rings. The van der Waals surface area contributed by atoms with E-state index in [-0.39, 0.29) is 12.2 Å². The van der Waals surface area contributed by atoms with Crippen LogP contribution in [0.25, 0.3) is 0 Å². The van der Waals surface area contributed by atoms with Crippen LogP contribution >= 0.6 is 0 Å². The van der Waals surface area contributed by atoms with E-state index in [1.54, 1.807) is 0 Å². The molecule has 0 amide bonds. The van der Waals surface area contributed by atoms with Gasteiger partial charge in [0.25, 0.3) is 5.60 Å². The third-order valence-electron chi connectivity index (χ3n) is 6.46. The predicted molar refractivity (Wildman–Crippen MR) is 86.0 cm³/mol. The number of hydrogen-bond donors (Lipinski definition) is 0. The molecule has 216 valence electrons. The predicted octanol–water partition coefficient (Wildman–Crippen LogP) is 4.85. The second-order valence-electron chi connectivity index (χ2n) is 8.32. The molecule has 0 unspecified atom stereocenters. The van der Waals surface area contributed by atoms with Crippen LogP contribution in [-0.2, 0) is 23.8 Å². The lowest BCUT2D eigenvalue weighted by atomic mass is 9.40. The number of alkyl halides is 15. The van der Waals surface area contributed by atoms with Crippen LogP contribution < -0.4 is 0 Å². The maximum absolute atomic E-state index is 15.2. The summed E-state index contributed by atoms with van der Waals surface area (Å²) >= 11 is 0. The van der Waals surface area contributed by atoms with E-state index in [4.69, 9.17) is 0 Å².